The van der Waals surface area contributed by atoms with Gasteiger partial charge in [-0.15, -0.1) is 0 Å². The van der Waals surface area contributed by atoms with Gasteiger partial charge in [0.1, 0.15) is 5.82 Å². The van der Waals surface area contributed by atoms with E-state index in [0.717, 1.165) is 5.56 Å². The highest BCUT2D eigenvalue weighted by Crippen LogP contribution is 2.17. The summed E-state index contributed by atoms with van der Waals surface area (Å²) in [6.45, 7) is 0.121. The molecule has 0 saturated heterocycles. The summed E-state index contributed by atoms with van der Waals surface area (Å²) in [4.78, 5) is 0. The Morgan fingerprint density at radius 3 is 2.85 bits per heavy atom. The summed E-state index contributed by atoms with van der Waals surface area (Å²) in [6.07, 6.45) is 4.19. The SMILES string of the molecule is OCCC=Cc1ccc(Br)c(F)c1. The normalized spacial score (nSPS) is 11.0. The lowest BCUT2D eigenvalue weighted by Crippen LogP contribution is -1.80. The number of benzene rings is 1. The summed E-state index contributed by atoms with van der Waals surface area (Å²) in [5, 5.41) is 8.51. The fourth-order valence-corrected chi connectivity index (χ4v) is 1.16. The van der Waals surface area contributed by atoms with Gasteiger partial charge in [0.05, 0.1) is 4.47 Å². The Hall–Kier alpha value is -0.670. The molecule has 0 aromatic heterocycles. The van der Waals surface area contributed by atoms with E-state index in [0.29, 0.717) is 10.9 Å². The molecule has 0 aliphatic rings. The zero-order valence-corrected chi connectivity index (χ0v) is 8.59. The molecule has 0 unspecified atom stereocenters. The van der Waals surface area contributed by atoms with E-state index in [-0.39, 0.29) is 12.4 Å². The average molecular weight is 245 g/mol. The van der Waals surface area contributed by atoms with Crippen molar-refractivity contribution in [1.82, 2.24) is 0 Å². The second kappa shape index (κ2) is 5.14. The first kappa shape index (κ1) is 10.4. The van der Waals surface area contributed by atoms with Crippen molar-refractivity contribution in [3.05, 3.63) is 40.1 Å². The second-order valence-electron chi connectivity index (χ2n) is 2.59. The van der Waals surface area contributed by atoms with Crippen molar-refractivity contribution in [2.45, 2.75) is 6.42 Å². The van der Waals surface area contributed by atoms with Crippen molar-refractivity contribution in [1.29, 1.82) is 0 Å². The maximum Gasteiger partial charge on any atom is 0.137 e. The summed E-state index contributed by atoms with van der Waals surface area (Å²) in [6, 6.07) is 4.91. The highest BCUT2D eigenvalue weighted by molar-refractivity contribution is 9.10. The Balaban J connectivity index is 2.73. The van der Waals surface area contributed by atoms with Gasteiger partial charge in [0.25, 0.3) is 0 Å². The predicted molar refractivity (Wildman–Crippen MR) is 54.8 cm³/mol. The summed E-state index contributed by atoms with van der Waals surface area (Å²) in [7, 11) is 0. The molecule has 0 aliphatic heterocycles. The van der Waals surface area contributed by atoms with E-state index in [1.807, 2.05) is 6.08 Å². The van der Waals surface area contributed by atoms with Gasteiger partial charge in [-0.25, -0.2) is 4.39 Å². The molecule has 0 atom stereocenters. The molecule has 0 amide bonds. The second-order valence-corrected chi connectivity index (χ2v) is 3.44. The lowest BCUT2D eigenvalue weighted by atomic mass is 10.2. The molecule has 0 radical (unpaired) electrons. The first-order chi connectivity index (χ1) is 6.24. The van der Waals surface area contributed by atoms with Gasteiger partial charge in [0.2, 0.25) is 0 Å². The highest BCUT2D eigenvalue weighted by Gasteiger charge is 1.97. The number of aliphatic hydroxyl groups excluding tert-OH is 1. The molecule has 1 N–H and O–H groups in total. The third-order valence-electron chi connectivity index (χ3n) is 1.55. The molecule has 0 bridgehead atoms. The van der Waals surface area contributed by atoms with Crippen LogP contribution in [0.3, 0.4) is 0 Å². The van der Waals surface area contributed by atoms with Crippen LogP contribution in [0.1, 0.15) is 12.0 Å². The molecule has 0 spiro atoms. The molecule has 1 aromatic carbocycles. The predicted octanol–water partition coefficient (Wildman–Crippen LogP) is 2.98. The van der Waals surface area contributed by atoms with Crippen molar-refractivity contribution in [3.8, 4) is 0 Å². The van der Waals surface area contributed by atoms with E-state index >= 15 is 0 Å². The number of hydrogen-bond donors (Lipinski definition) is 1. The van der Waals surface area contributed by atoms with Gasteiger partial charge in [0, 0.05) is 6.61 Å². The summed E-state index contributed by atoms with van der Waals surface area (Å²) < 4.78 is 13.4. The topological polar surface area (TPSA) is 20.2 Å². The van der Waals surface area contributed by atoms with Crippen LogP contribution < -0.4 is 0 Å². The molecule has 0 fully saturated rings. The third kappa shape index (κ3) is 3.28. The average Bonchev–Trinajstić information content (AvgIpc) is 2.12. The van der Waals surface area contributed by atoms with Crippen molar-refractivity contribution < 1.29 is 9.50 Å². The maximum atomic E-state index is 13.0. The summed E-state index contributed by atoms with van der Waals surface area (Å²) >= 11 is 3.07. The van der Waals surface area contributed by atoms with Crippen LogP contribution in [-0.2, 0) is 0 Å². The van der Waals surface area contributed by atoms with Gasteiger partial charge >= 0.3 is 0 Å². The quantitative estimate of drug-likeness (QED) is 0.867. The molecule has 0 heterocycles. The van der Waals surface area contributed by atoms with E-state index < -0.39 is 0 Å². The van der Waals surface area contributed by atoms with E-state index in [2.05, 4.69) is 15.9 Å². The molecule has 1 aromatic rings. The first-order valence-corrected chi connectivity index (χ1v) is 4.76. The van der Waals surface area contributed by atoms with Crippen molar-refractivity contribution >= 4 is 22.0 Å². The van der Waals surface area contributed by atoms with Crippen LogP contribution >= 0.6 is 15.9 Å². The monoisotopic (exact) mass is 244 g/mol. The molecule has 1 rings (SSSR count). The van der Waals surface area contributed by atoms with E-state index in [1.54, 1.807) is 18.2 Å². The van der Waals surface area contributed by atoms with Gasteiger partial charge < -0.3 is 5.11 Å². The smallest absolute Gasteiger partial charge is 0.137 e. The molecule has 3 heteroatoms. The van der Waals surface area contributed by atoms with Crippen LogP contribution in [0, 0.1) is 5.82 Å². The Bertz CT molecular complexity index is 310. The Labute approximate surface area is 85.0 Å². The van der Waals surface area contributed by atoms with Crippen LogP contribution in [0.5, 0.6) is 0 Å². The van der Waals surface area contributed by atoms with Gasteiger partial charge in [-0.2, -0.15) is 0 Å². The Morgan fingerprint density at radius 1 is 1.46 bits per heavy atom. The number of halogens is 2. The minimum absolute atomic E-state index is 0.121. The standard InChI is InChI=1S/C10H10BrFO/c11-9-5-4-8(7-10(9)12)3-1-2-6-13/h1,3-5,7,13H,2,6H2. The minimum atomic E-state index is -0.272. The van der Waals surface area contributed by atoms with E-state index in [1.165, 1.54) is 6.07 Å². The largest absolute Gasteiger partial charge is 0.396 e. The van der Waals surface area contributed by atoms with Gasteiger partial charge in [-0.1, -0.05) is 18.2 Å². The first-order valence-electron chi connectivity index (χ1n) is 3.96. The summed E-state index contributed by atoms with van der Waals surface area (Å²) in [5.74, 6) is -0.272. The Morgan fingerprint density at radius 2 is 2.23 bits per heavy atom. The van der Waals surface area contributed by atoms with Gasteiger partial charge in [-0.05, 0) is 40.0 Å². The van der Waals surface area contributed by atoms with Crippen molar-refractivity contribution in [2.24, 2.45) is 0 Å². The number of rotatable bonds is 3. The maximum absolute atomic E-state index is 13.0. The fourth-order valence-electron chi connectivity index (χ4n) is 0.910. The van der Waals surface area contributed by atoms with Crippen molar-refractivity contribution in [2.75, 3.05) is 6.61 Å². The molecule has 13 heavy (non-hydrogen) atoms. The zero-order valence-electron chi connectivity index (χ0n) is 7.00. The number of hydrogen-bond acceptors (Lipinski definition) is 1. The molecule has 1 nitrogen and oxygen atoms in total. The lowest BCUT2D eigenvalue weighted by molar-refractivity contribution is 0.303. The lowest BCUT2D eigenvalue weighted by Gasteiger charge is -1.96. The van der Waals surface area contributed by atoms with Crippen LogP contribution in [0.15, 0.2) is 28.7 Å². The van der Waals surface area contributed by atoms with Gasteiger partial charge in [0.15, 0.2) is 0 Å². The third-order valence-corrected chi connectivity index (χ3v) is 2.19. The van der Waals surface area contributed by atoms with Crippen LogP contribution in [0.4, 0.5) is 4.39 Å². The fraction of sp³-hybridized carbons (Fsp3) is 0.200. The molecule has 0 saturated carbocycles. The molecule has 70 valence electrons. The number of aliphatic hydroxyl groups is 1. The molecular formula is C10H10BrFO. The summed E-state index contributed by atoms with van der Waals surface area (Å²) in [5.41, 5.74) is 0.800. The van der Waals surface area contributed by atoms with Crippen LogP contribution in [-0.4, -0.2) is 11.7 Å². The zero-order chi connectivity index (χ0) is 9.68. The van der Waals surface area contributed by atoms with Crippen LogP contribution in [0.25, 0.3) is 6.08 Å². The van der Waals surface area contributed by atoms with Crippen LogP contribution in [0.2, 0.25) is 0 Å². The van der Waals surface area contributed by atoms with Crippen molar-refractivity contribution in [3.63, 3.8) is 0 Å². The van der Waals surface area contributed by atoms with E-state index in [4.69, 9.17) is 5.11 Å². The minimum Gasteiger partial charge on any atom is -0.396 e. The van der Waals surface area contributed by atoms with E-state index in [9.17, 15) is 4.39 Å². The molecular weight excluding hydrogens is 235 g/mol. The van der Waals surface area contributed by atoms with Gasteiger partial charge in [-0.3, -0.25) is 0 Å². The highest BCUT2D eigenvalue weighted by atomic mass is 79.9. The molecule has 0 aliphatic carbocycles. The Kier molecular flexibility index (Phi) is 4.12.